The SMILES string of the molecule is Cc1ccc(S(=O)(=O)Nc2ccc(Nc3nccn4c(-c5cccc6ccccc56)cnc34)cc2)cc1. The fourth-order valence-corrected chi connectivity index (χ4v) is 5.40. The minimum atomic E-state index is -3.67. The molecule has 0 unspecified atom stereocenters. The van der Waals surface area contributed by atoms with Crippen molar-refractivity contribution in [2.75, 3.05) is 10.0 Å². The first-order valence-corrected chi connectivity index (χ1v) is 13.2. The van der Waals surface area contributed by atoms with E-state index in [0.29, 0.717) is 17.2 Å². The number of imidazole rings is 1. The van der Waals surface area contributed by atoms with E-state index in [-0.39, 0.29) is 4.90 Å². The van der Waals surface area contributed by atoms with Crippen molar-refractivity contribution in [2.24, 2.45) is 0 Å². The van der Waals surface area contributed by atoms with Gasteiger partial charge in [-0.3, -0.25) is 9.12 Å². The molecule has 0 saturated heterocycles. The van der Waals surface area contributed by atoms with Crippen LogP contribution in [0.25, 0.3) is 27.7 Å². The van der Waals surface area contributed by atoms with Gasteiger partial charge in [0.25, 0.3) is 10.0 Å². The fraction of sp³-hybridized carbons (Fsp3) is 0.0345. The first-order valence-electron chi connectivity index (χ1n) is 11.7. The van der Waals surface area contributed by atoms with Crippen molar-refractivity contribution >= 4 is 43.6 Å². The molecule has 0 aliphatic carbocycles. The zero-order chi connectivity index (χ0) is 25.4. The molecule has 37 heavy (non-hydrogen) atoms. The molecular formula is C29H23N5O2S. The highest BCUT2D eigenvalue weighted by atomic mass is 32.2. The third kappa shape index (κ3) is 4.39. The second-order valence-corrected chi connectivity index (χ2v) is 10.4. The molecule has 0 spiro atoms. The van der Waals surface area contributed by atoms with Gasteiger partial charge in [-0.2, -0.15) is 0 Å². The Morgan fingerprint density at radius 1 is 0.784 bits per heavy atom. The molecule has 0 bridgehead atoms. The van der Waals surface area contributed by atoms with Crippen LogP contribution in [-0.2, 0) is 10.0 Å². The summed E-state index contributed by atoms with van der Waals surface area (Å²) in [5.74, 6) is 0.599. The number of hydrogen-bond donors (Lipinski definition) is 2. The quantitative estimate of drug-likeness (QED) is 0.273. The van der Waals surface area contributed by atoms with Gasteiger partial charge in [0.05, 0.1) is 16.8 Å². The number of fused-ring (bicyclic) bond motifs is 2. The molecule has 0 aliphatic heterocycles. The Balaban J connectivity index is 1.27. The number of nitrogens with zero attached hydrogens (tertiary/aromatic N) is 3. The topological polar surface area (TPSA) is 88.4 Å². The van der Waals surface area contributed by atoms with E-state index in [0.717, 1.165) is 27.9 Å². The van der Waals surface area contributed by atoms with E-state index in [4.69, 9.17) is 0 Å². The molecule has 7 nitrogen and oxygen atoms in total. The van der Waals surface area contributed by atoms with Gasteiger partial charge in [0.15, 0.2) is 11.5 Å². The number of rotatable bonds is 6. The van der Waals surface area contributed by atoms with Crippen LogP contribution >= 0.6 is 0 Å². The Bertz CT molecular complexity index is 1840. The number of aryl methyl sites for hydroxylation is 1. The lowest BCUT2D eigenvalue weighted by Gasteiger charge is -2.11. The lowest BCUT2D eigenvalue weighted by Crippen LogP contribution is -2.12. The smallest absolute Gasteiger partial charge is 0.261 e. The maximum Gasteiger partial charge on any atom is 0.261 e. The number of sulfonamides is 1. The highest BCUT2D eigenvalue weighted by Gasteiger charge is 2.15. The molecule has 0 amide bonds. The second kappa shape index (κ2) is 9.07. The van der Waals surface area contributed by atoms with Gasteiger partial charge < -0.3 is 5.32 Å². The van der Waals surface area contributed by atoms with E-state index < -0.39 is 10.0 Å². The summed E-state index contributed by atoms with van der Waals surface area (Å²) in [5, 5.41) is 5.63. The van der Waals surface area contributed by atoms with Crippen molar-refractivity contribution < 1.29 is 8.42 Å². The third-order valence-corrected chi connectivity index (χ3v) is 7.62. The van der Waals surface area contributed by atoms with Crippen LogP contribution in [0.4, 0.5) is 17.2 Å². The van der Waals surface area contributed by atoms with Crippen LogP contribution in [-0.4, -0.2) is 22.8 Å². The zero-order valence-corrected chi connectivity index (χ0v) is 20.8. The second-order valence-electron chi connectivity index (χ2n) is 8.76. The van der Waals surface area contributed by atoms with Crippen molar-refractivity contribution in [2.45, 2.75) is 11.8 Å². The predicted octanol–water partition coefficient (Wildman–Crippen LogP) is 6.40. The minimum absolute atomic E-state index is 0.220. The summed E-state index contributed by atoms with van der Waals surface area (Å²) in [5.41, 5.74) is 4.98. The standard InChI is InChI=1S/C29H23N5O2S/c1-20-9-15-24(16-10-20)37(35,36)33-23-13-11-22(12-14-23)32-28-29-31-19-27(34(29)18-17-30-28)26-8-4-6-21-5-2-3-7-25(21)26/h2-19,33H,1H3,(H,30,32). The lowest BCUT2D eigenvalue weighted by molar-refractivity contribution is 0.601. The molecule has 0 radical (unpaired) electrons. The normalized spacial score (nSPS) is 11.6. The van der Waals surface area contributed by atoms with Gasteiger partial charge in [0, 0.05) is 29.3 Å². The molecule has 0 fully saturated rings. The Labute approximate surface area is 214 Å². The van der Waals surface area contributed by atoms with Crippen LogP contribution in [0.1, 0.15) is 5.56 Å². The molecule has 182 valence electrons. The van der Waals surface area contributed by atoms with Gasteiger partial charge in [-0.1, -0.05) is 60.2 Å². The lowest BCUT2D eigenvalue weighted by atomic mass is 10.0. The largest absolute Gasteiger partial charge is 0.337 e. The Hall–Kier alpha value is -4.69. The van der Waals surface area contributed by atoms with Crippen LogP contribution in [0.5, 0.6) is 0 Å². The van der Waals surface area contributed by atoms with E-state index in [1.807, 2.05) is 41.9 Å². The van der Waals surface area contributed by atoms with Crippen molar-refractivity contribution in [3.8, 4) is 11.3 Å². The van der Waals surface area contributed by atoms with Crippen molar-refractivity contribution in [3.63, 3.8) is 0 Å². The minimum Gasteiger partial charge on any atom is -0.337 e. The summed E-state index contributed by atoms with van der Waals surface area (Å²) in [6, 6.07) is 28.3. The number of aromatic nitrogens is 3. The van der Waals surface area contributed by atoms with Crippen LogP contribution in [0.2, 0.25) is 0 Å². The molecule has 6 rings (SSSR count). The average molecular weight is 506 g/mol. The summed E-state index contributed by atoms with van der Waals surface area (Å²) < 4.78 is 30.0. The van der Waals surface area contributed by atoms with E-state index in [1.165, 1.54) is 5.39 Å². The summed E-state index contributed by atoms with van der Waals surface area (Å²) in [7, 11) is -3.67. The van der Waals surface area contributed by atoms with Crippen molar-refractivity contribution in [1.29, 1.82) is 0 Å². The van der Waals surface area contributed by atoms with Crippen molar-refractivity contribution in [3.05, 3.63) is 115 Å². The monoisotopic (exact) mass is 505 g/mol. The summed E-state index contributed by atoms with van der Waals surface area (Å²) in [4.78, 5) is 9.36. The predicted molar refractivity (Wildman–Crippen MR) is 148 cm³/mol. The van der Waals surface area contributed by atoms with Gasteiger partial charge in [-0.25, -0.2) is 18.4 Å². The first-order chi connectivity index (χ1) is 18.0. The molecule has 0 atom stereocenters. The van der Waals surface area contributed by atoms with E-state index in [9.17, 15) is 8.42 Å². The molecule has 2 aromatic heterocycles. The van der Waals surface area contributed by atoms with E-state index in [2.05, 4.69) is 44.3 Å². The van der Waals surface area contributed by atoms with E-state index >= 15 is 0 Å². The molecule has 8 heteroatoms. The Morgan fingerprint density at radius 3 is 2.32 bits per heavy atom. The van der Waals surface area contributed by atoms with Crippen molar-refractivity contribution in [1.82, 2.24) is 14.4 Å². The summed E-state index contributed by atoms with van der Waals surface area (Å²) >= 11 is 0. The molecule has 6 aromatic rings. The highest BCUT2D eigenvalue weighted by molar-refractivity contribution is 7.92. The molecular weight excluding hydrogens is 482 g/mol. The zero-order valence-electron chi connectivity index (χ0n) is 20.0. The molecule has 2 heterocycles. The van der Waals surface area contributed by atoms with Crippen LogP contribution < -0.4 is 10.0 Å². The third-order valence-electron chi connectivity index (χ3n) is 6.22. The number of benzene rings is 4. The molecule has 0 saturated carbocycles. The average Bonchev–Trinajstić information content (AvgIpc) is 3.35. The molecule has 4 aromatic carbocycles. The van der Waals surface area contributed by atoms with Crippen LogP contribution in [0.15, 0.2) is 114 Å². The molecule has 2 N–H and O–H groups in total. The van der Waals surface area contributed by atoms with E-state index in [1.54, 1.807) is 54.7 Å². The Morgan fingerprint density at radius 2 is 1.51 bits per heavy atom. The van der Waals surface area contributed by atoms with Gasteiger partial charge in [-0.05, 0) is 54.1 Å². The maximum absolute atomic E-state index is 12.7. The summed E-state index contributed by atoms with van der Waals surface area (Å²) in [6.45, 7) is 1.92. The van der Waals surface area contributed by atoms with Gasteiger partial charge >= 0.3 is 0 Å². The summed E-state index contributed by atoms with van der Waals surface area (Å²) in [6.07, 6.45) is 5.48. The van der Waals surface area contributed by atoms with Gasteiger partial charge in [0.2, 0.25) is 0 Å². The highest BCUT2D eigenvalue weighted by Crippen LogP contribution is 2.31. The first kappa shape index (κ1) is 22.8. The Kier molecular flexibility index (Phi) is 5.58. The molecule has 0 aliphatic rings. The fourth-order valence-electron chi connectivity index (χ4n) is 4.35. The van der Waals surface area contributed by atoms with Gasteiger partial charge in [0.1, 0.15) is 0 Å². The number of nitrogens with one attached hydrogen (secondary N) is 2. The van der Waals surface area contributed by atoms with Crippen LogP contribution in [0, 0.1) is 6.92 Å². The van der Waals surface area contributed by atoms with Crippen LogP contribution in [0.3, 0.4) is 0 Å². The number of anilines is 3. The van der Waals surface area contributed by atoms with Gasteiger partial charge in [-0.15, -0.1) is 0 Å². The maximum atomic E-state index is 12.7. The number of hydrogen-bond acceptors (Lipinski definition) is 5.